The normalized spacial score (nSPS) is 10.7. The van der Waals surface area contributed by atoms with E-state index in [9.17, 15) is 19.5 Å². The largest absolute Gasteiger partial charge is 0.497 e. The number of carboxylic acid groups (broad SMARTS) is 1. The van der Waals surface area contributed by atoms with Gasteiger partial charge in [-0.3, -0.25) is 9.59 Å². The lowest BCUT2D eigenvalue weighted by molar-refractivity contribution is -0.113. The molecule has 0 saturated carbocycles. The van der Waals surface area contributed by atoms with Crippen molar-refractivity contribution in [2.24, 2.45) is 0 Å². The fraction of sp³-hybridized carbons (Fsp3) is 0.0769. The summed E-state index contributed by atoms with van der Waals surface area (Å²) in [6, 6.07) is 14.1. The molecule has 0 atom stereocenters. The van der Waals surface area contributed by atoms with Crippen LogP contribution in [0.5, 0.6) is 5.75 Å². The lowest BCUT2D eigenvalue weighted by Crippen LogP contribution is -2.18. The number of aromatic carboxylic acids is 1. The van der Waals surface area contributed by atoms with Crippen molar-refractivity contribution < 1.29 is 24.2 Å². The number of hydrogen-bond acceptors (Lipinski definition) is 7. The van der Waals surface area contributed by atoms with Crippen molar-refractivity contribution in [1.82, 2.24) is 4.98 Å². The Morgan fingerprint density at radius 2 is 1.65 bits per heavy atom. The average Bonchev–Trinajstić information content (AvgIpc) is 3.41. The van der Waals surface area contributed by atoms with E-state index >= 15 is 0 Å². The third kappa shape index (κ3) is 6.83. The maximum atomic E-state index is 13.0. The molecule has 4 aromatic rings. The van der Waals surface area contributed by atoms with Gasteiger partial charge in [0, 0.05) is 21.5 Å². The summed E-state index contributed by atoms with van der Waals surface area (Å²) in [5, 5.41) is 16.0. The second-order valence-electron chi connectivity index (χ2n) is 7.90. The number of ether oxygens (including phenoxy) is 1. The van der Waals surface area contributed by atoms with Gasteiger partial charge in [0.1, 0.15) is 5.75 Å². The number of benzene rings is 3. The predicted octanol–water partition coefficient (Wildman–Crippen LogP) is 8.11. The summed E-state index contributed by atoms with van der Waals surface area (Å²) in [4.78, 5) is 42.4. The molecule has 206 valence electrons. The number of nitrogens with zero attached hydrogens (tertiary/aromatic N) is 1. The van der Waals surface area contributed by atoms with Crippen LogP contribution >= 0.6 is 69.5 Å². The summed E-state index contributed by atoms with van der Waals surface area (Å²) in [5.41, 5.74) is 0.905. The van der Waals surface area contributed by atoms with E-state index in [2.05, 4.69) is 15.6 Å². The summed E-state index contributed by atoms with van der Waals surface area (Å²) < 4.78 is 5.24. The SMILES string of the molecule is COc1cccc(-c2csc(NC(=O)CSc3cccc(NC(=O)c4c(Cl)c(Cl)c(Cl)c(Cl)c4C(=O)O)c3)n2)c1. The number of carbonyl (C=O) groups is 3. The maximum Gasteiger partial charge on any atom is 0.338 e. The van der Waals surface area contributed by atoms with Crippen LogP contribution in [0.15, 0.2) is 58.8 Å². The summed E-state index contributed by atoms with van der Waals surface area (Å²) in [6.45, 7) is 0. The highest BCUT2D eigenvalue weighted by Crippen LogP contribution is 2.42. The molecule has 0 radical (unpaired) electrons. The van der Waals surface area contributed by atoms with Gasteiger partial charge in [0.2, 0.25) is 5.91 Å². The number of halogens is 4. The number of thiazole rings is 1. The molecule has 3 N–H and O–H groups in total. The fourth-order valence-corrected chi connectivity index (χ4v) is 5.96. The zero-order valence-electron chi connectivity index (χ0n) is 20.3. The van der Waals surface area contributed by atoms with Crippen LogP contribution in [0.2, 0.25) is 20.1 Å². The number of anilines is 2. The molecule has 0 aliphatic heterocycles. The topological polar surface area (TPSA) is 118 Å². The first kappa shape index (κ1) is 30.0. The van der Waals surface area contributed by atoms with Gasteiger partial charge in [0.15, 0.2) is 5.13 Å². The molecule has 0 aliphatic rings. The van der Waals surface area contributed by atoms with Crippen molar-refractivity contribution in [3.05, 3.63) is 85.1 Å². The highest BCUT2D eigenvalue weighted by Gasteiger charge is 2.29. The number of thioether (sulfide) groups is 1. The molecule has 4 rings (SSSR count). The lowest BCUT2D eigenvalue weighted by Gasteiger charge is -2.14. The Morgan fingerprint density at radius 1 is 0.950 bits per heavy atom. The molecule has 0 aliphatic carbocycles. The highest BCUT2D eigenvalue weighted by atomic mass is 35.5. The van der Waals surface area contributed by atoms with Gasteiger partial charge >= 0.3 is 5.97 Å². The average molecular weight is 657 g/mol. The molecular formula is C26H17Cl4N3O5S2. The molecule has 0 unspecified atom stereocenters. The van der Waals surface area contributed by atoms with Crippen molar-refractivity contribution in [2.45, 2.75) is 4.90 Å². The minimum absolute atomic E-state index is 0.0723. The minimum Gasteiger partial charge on any atom is -0.497 e. The Kier molecular flexibility index (Phi) is 9.83. The van der Waals surface area contributed by atoms with E-state index in [-0.39, 0.29) is 26.7 Å². The highest BCUT2D eigenvalue weighted by molar-refractivity contribution is 8.00. The van der Waals surface area contributed by atoms with E-state index in [0.717, 1.165) is 5.56 Å². The molecule has 0 bridgehead atoms. The number of amides is 2. The number of carboxylic acids is 1. The minimum atomic E-state index is -1.50. The maximum absolute atomic E-state index is 13.0. The second-order valence-corrected chi connectivity index (χ2v) is 11.3. The zero-order chi connectivity index (χ0) is 29.0. The first-order valence-corrected chi connectivity index (χ1v) is 14.5. The Hall–Kier alpha value is -2.99. The molecule has 0 spiro atoms. The number of rotatable bonds is 9. The Bertz CT molecular complexity index is 1630. The predicted molar refractivity (Wildman–Crippen MR) is 161 cm³/mol. The van der Waals surface area contributed by atoms with Gasteiger partial charge in [-0.15, -0.1) is 23.1 Å². The van der Waals surface area contributed by atoms with Crippen molar-refractivity contribution >= 4 is 98.1 Å². The van der Waals surface area contributed by atoms with Crippen LogP contribution in [-0.2, 0) is 4.79 Å². The van der Waals surface area contributed by atoms with Crippen molar-refractivity contribution in [3.8, 4) is 17.0 Å². The number of hydrogen-bond donors (Lipinski definition) is 3. The molecule has 0 saturated heterocycles. The van der Waals surface area contributed by atoms with Crippen LogP contribution < -0.4 is 15.4 Å². The van der Waals surface area contributed by atoms with Crippen molar-refractivity contribution in [3.63, 3.8) is 0 Å². The van der Waals surface area contributed by atoms with Gasteiger partial charge in [0.05, 0.1) is 49.8 Å². The molecule has 0 fully saturated rings. The first-order valence-electron chi connectivity index (χ1n) is 11.1. The molecular weight excluding hydrogens is 640 g/mol. The monoisotopic (exact) mass is 655 g/mol. The molecule has 14 heteroatoms. The Balaban J connectivity index is 1.41. The number of nitrogens with one attached hydrogen (secondary N) is 2. The number of aromatic nitrogens is 1. The third-order valence-corrected chi connectivity index (χ3v) is 8.84. The van der Waals surface area contributed by atoms with Crippen LogP contribution in [0.1, 0.15) is 20.7 Å². The van der Waals surface area contributed by atoms with Crippen LogP contribution in [0.25, 0.3) is 11.3 Å². The summed E-state index contributed by atoms with van der Waals surface area (Å²) in [6.07, 6.45) is 0. The van der Waals surface area contributed by atoms with Gasteiger partial charge in [-0.25, -0.2) is 9.78 Å². The van der Waals surface area contributed by atoms with E-state index in [0.29, 0.717) is 27.2 Å². The van der Waals surface area contributed by atoms with E-state index in [1.54, 1.807) is 31.4 Å². The van der Waals surface area contributed by atoms with Crippen molar-refractivity contribution in [2.75, 3.05) is 23.5 Å². The van der Waals surface area contributed by atoms with Gasteiger partial charge in [-0.05, 0) is 30.3 Å². The molecule has 2 amide bonds. The first-order chi connectivity index (χ1) is 19.1. The summed E-state index contributed by atoms with van der Waals surface area (Å²) in [5.74, 6) is -1.84. The second kappa shape index (κ2) is 13.1. The van der Waals surface area contributed by atoms with E-state index < -0.39 is 28.0 Å². The number of methoxy groups -OCH3 is 1. The van der Waals surface area contributed by atoms with Crippen LogP contribution in [0, 0.1) is 0 Å². The quantitative estimate of drug-likeness (QED) is 0.0946. The standard InChI is InChI=1S/C26H17Cl4N3O5S2/c1-38-14-6-2-4-12(8-14)16-10-40-26(32-16)33-17(34)11-39-15-7-3-5-13(9-15)31-24(35)18-19(25(36)37)21(28)23(30)22(29)20(18)27/h2-10H,11H2,1H3,(H,31,35)(H,36,37)(H,32,33,34). The fourth-order valence-electron chi connectivity index (χ4n) is 3.45. The van der Waals surface area contributed by atoms with E-state index in [4.69, 9.17) is 51.1 Å². The van der Waals surface area contributed by atoms with Gasteiger partial charge in [-0.1, -0.05) is 64.6 Å². The van der Waals surface area contributed by atoms with Crippen LogP contribution in [-0.4, -0.2) is 40.7 Å². The molecule has 1 heterocycles. The molecule has 1 aromatic heterocycles. The molecule has 8 nitrogen and oxygen atoms in total. The number of carbonyl (C=O) groups excluding carboxylic acids is 2. The molecule has 3 aromatic carbocycles. The Labute approximate surface area is 256 Å². The van der Waals surface area contributed by atoms with E-state index in [1.165, 1.54) is 23.1 Å². The summed E-state index contributed by atoms with van der Waals surface area (Å²) >= 11 is 26.7. The lowest BCUT2D eigenvalue weighted by atomic mass is 10.1. The molecule has 40 heavy (non-hydrogen) atoms. The summed E-state index contributed by atoms with van der Waals surface area (Å²) in [7, 11) is 1.59. The van der Waals surface area contributed by atoms with Gasteiger partial charge in [-0.2, -0.15) is 0 Å². The van der Waals surface area contributed by atoms with Gasteiger partial charge < -0.3 is 20.5 Å². The van der Waals surface area contributed by atoms with Gasteiger partial charge in [0.25, 0.3) is 5.91 Å². The smallest absolute Gasteiger partial charge is 0.338 e. The third-order valence-electron chi connectivity index (χ3n) is 5.29. The van der Waals surface area contributed by atoms with Crippen molar-refractivity contribution in [1.29, 1.82) is 0 Å². The van der Waals surface area contributed by atoms with Crippen LogP contribution in [0.4, 0.5) is 10.8 Å². The van der Waals surface area contributed by atoms with Crippen LogP contribution in [0.3, 0.4) is 0 Å². The van der Waals surface area contributed by atoms with E-state index in [1.807, 2.05) is 29.6 Å². The zero-order valence-corrected chi connectivity index (χ0v) is 24.9. The Morgan fingerprint density at radius 3 is 2.35 bits per heavy atom.